The molecule has 0 saturated carbocycles. The van der Waals surface area contributed by atoms with Crippen molar-refractivity contribution in [3.63, 3.8) is 0 Å². The molecule has 0 spiro atoms. The average Bonchev–Trinajstić information content (AvgIpc) is 2.38. The normalized spacial score (nSPS) is 11.5. The van der Waals surface area contributed by atoms with Crippen molar-refractivity contribution in [2.24, 2.45) is 10.9 Å². The van der Waals surface area contributed by atoms with E-state index >= 15 is 0 Å². The van der Waals surface area contributed by atoms with Crippen LogP contribution in [0.2, 0.25) is 0 Å². The van der Waals surface area contributed by atoms with Crippen LogP contribution in [0.25, 0.3) is 0 Å². The smallest absolute Gasteiger partial charge is 0.242 e. The SMILES string of the molecule is CCNC(=NCC(=O)NC(C)(C)C)NCCNC(=O)C(C)C.I. The van der Waals surface area contributed by atoms with Crippen LogP contribution in [0.5, 0.6) is 0 Å². The number of nitrogens with one attached hydrogen (secondary N) is 4. The fourth-order valence-electron chi connectivity index (χ4n) is 1.52. The number of carbonyl (C=O) groups excluding carboxylic acids is 2. The highest BCUT2D eigenvalue weighted by Crippen LogP contribution is 1.97. The maximum absolute atomic E-state index is 11.7. The molecule has 7 nitrogen and oxygen atoms in total. The van der Waals surface area contributed by atoms with Crippen LogP contribution < -0.4 is 21.3 Å². The number of hydrogen-bond donors (Lipinski definition) is 4. The van der Waals surface area contributed by atoms with Crippen molar-refractivity contribution in [2.45, 2.75) is 47.1 Å². The third-order valence-corrected chi connectivity index (χ3v) is 2.48. The van der Waals surface area contributed by atoms with Crippen molar-refractivity contribution in [3.05, 3.63) is 0 Å². The molecule has 0 aromatic heterocycles. The molecule has 0 fully saturated rings. The Morgan fingerprint density at radius 3 is 2.09 bits per heavy atom. The molecule has 0 aliphatic carbocycles. The van der Waals surface area contributed by atoms with Crippen LogP contribution in [0.3, 0.4) is 0 Å². The largest absolute Gasteiger partial charge is 0.357 e. The van der Waals surface area contributed by atoms with Crippen LogP contribution in [0.15, 0.2) is 4.99 Å². The van der Waals surface area contributed by atoms with E-state index in [1.54, 1.807) is 0 Å². The Bertz CT molecular complexity index is 392. The van der Waals surface area contributed by atoms with E-state index in [2.05, 4.69) is 26.3 Å². The molecule has 0 aromatic carbocycles. The highest BCUT2D eigenvalue weighted by atomic mass is 127. The van der Waals surface area contributed by atoms with Gasteiger partial charge in [0.2, 0.25) is 11.8 Å². The minimum atomic E-state index is -0.264. The first kappa shape index (κ1) is 24.2. The summed E-state index contributed by atoms with van der Waals surface area (Å²) in [5.74, 6) is 0.430. The summed E-state index contributed by atoms with van der Waals surface area (Å²) >= 11 is 0. The Balaban J connectivity index is 0. The molecule has 0 aliphatic rings. The Morgan fingerprint density at radius 2 is 1.61 bits per heavy atom. The Hall–Kier alpha value is -1.06. The van der Waals surface area contributed by atoms with E-state index in [-0.39, 0.29) is 53.8 Å². The molecular formula is C15H32IN5O2. The highest BCUT2D eigenvalue weighted by Gasteiger charge is 2.13. The van der Waals surface area contributed by atoms with Gasteiger partial charge >= 0.3 is 0 Å². The number of rotatable bonds is 7. The fourth-order valence-corrected chi connectivity index (χ4v) is 1.52. The predicted octanol–water partition coefficient (Wildman–Crippen LogP) is 0.846. The van der Waals surface area contributed by atoms with Crippen LogP contribution in [0.1, 0.15) is 41.5 Å². The van der Waals surface area contributed by atoms with Gasteiger partial charge in [0.15, 0.2) is 5.96 Å². The molecule has 0 radical (unpaired) electrons. The molecule has 8 heteroatoms. The van der Waals surface area contributed by atoms with Crippen molar-refractivity contribution >= 4 is 41.8 Å². The van der Waals surface area contributed by atoms with E-state index < -0.39 is 0 Å². The minimum absolute atomic E-state index is 0. The van der Waals surface area contributed by atoms with Gasteiger partial charge in [-0.05, 0) is 27.7 Å². The molecule has 0 heterocycles. The summed E-state index contributed by atoms with van der Waals surface area (Å²) in [4.78, 5) is 27.4. The van der Waals surface area contributed by atoms with Crippen molar-refractivity contribution in [1.29, 1.82) is 0 Å². The van der Waals surface area contributed by atoms with Crippen molar-refractivity contribution in [2.75, 3.05) is 26.2 Å². The molecular weight excluding hydrogens is 409 g/mol. The number of amides is 2. The molecule has 4 N–H and O–H groups in total. The molecule has 0 unspecified atom stereocenters. The first-order valence-electron chi connectivity index (χ1n) is 7.76. The van der Waals surface area contributed by atoms with Gasteiger partial charge in [-0.3, -0.25) is 9.59 Å². The molecule has 0 aromatic rings. The lowest BCUT2D eigenvalue weighted by Gasteiger charge is -2.20. The van der Waals surface area contributed by atoms with Crippen LogP contribution in [-0.4, -0.2) is 49.5 Å². The number of nitrogens with zero attached hydrogens (tertiary/aromatic N) is 1. The number of halogens is 1. The number of guanidine groups is 1. The van der Waals surface area contributed by atoms with Crippen molar-refractivity contribution < 1.29 is 9.59 Å². The summed E-state index contributed by atoms with van der Waals surface area (Å²) in [6.45, 7) is 13.2. The van der Waals surface area contributed by atoms with E-state index in [1.807, 2.05) is 41.5 Å². The highest BCUT2D eigenvalue weighted by molar-refractivity contribution is 14.0. The summed E-state index contributed by atoms with van der Waals surface area (Å²) in [6, 6.07) is 0. The van der Waals surface area contributed by atoms with Gasteiger partial charge in [0.05, 0.1) is 0 Å². The number of carbonyl (C=O) groups is 2. The molecule has 136 valence electrons. The van der Waals surface area contributed by atoms with Crippen LogP contribution in [0, 0.1) is 5.92 Å². The van der Waals surface area contributed by atoms with Gasteiger partial charge in [0.25, 0.3) is 0 Å². The third kappa shape index (κ3) is 14.3. The van der Waals surface area contributed by atoms with Crippen molar-refractivity contribution in [3.8, 4) is 0 Å². The van der Waals surface area contributed by atoms with E-state index in [4.69, 9.17) is 0 Å². The van der Waals surface area contributed by atoms with E-state index in [1.165, 1.54) is 0 Å². The van der Waals surface area contributed by atoms with Gasteiger partial charge in [0.1, 0.15) is 6.54 Å². The van der Waals surface area contributed by atoms with E-state index in [0.717, 1.165) is 0 Å². The summed E-state index contributed by atoms with van der Waals surface area (Å²) < 4.78 is 0. The summed E-state index contributed by atoms with van der Waals surface area (Å²) in [6.07, 6.45) is 0. The first-order valence-corrected chi connectivity index (χ1v) is 7.76. The van der Waals surface area contributed by atoms with Crippen LogP contribution in [0.4, 0.5) is 0 Å². The molecule has 0 saturated heterocycles. The molecule has 0 rings (SSSR count). The van der Waals surface area contributed by atoms with E-state index in [9.17, 15) is 9.59 Å². The van der Waals surface area contributed by atoms with Gasteiger partial charge in [-0.1, -0.05) is 13.8 Å². The van der Waals surface area contributed by atoms with Crippen LogP contribution in [-0.2, 0) is 9.59 Å². The quantitative estimate of drug-likeness (QED) is 0.204. The zero-order chi connectivity index (χ0) is 17.2. The maximum Gasteiger partial charge on any atom is 0.242 e. The van der Waals surface area contributed by atoms with Crippen molar-refractivity contribution in [1.82, 2.24) is 21.3 Å². The number of hydrogen-bond acceptors (Lipinski definition) is 3. The standard InChI is InChI=1S/C15H31N5O2.HI/c1-7-16-14(18-9-8-17-13(22)11(2)3)19-10-12(21)20-15(4,5)6;/h11H,7-10H2,1-6H3,(H,17,22)(H,20,21)(H2,16,18,19);1H. The summed E-state index contributed by atoms with van der Waals surface area (Å²) in [5.41, 5.74) is -0.264. The lowest BCUT2D eigenvalue weighted by molar-refractivity contribution is -0.124. The predicted molar refractivity (Wildman–Crippen MR) is 105 cm³/mol. The average molecular weight is 441 g/mol. The van der Waals surface area contributed by atoms with Gasteiger partial charge in [-0.25, -0.2) is 4.99 Å². The Morgan fingerprint density at radius 1 is 1.04 bits per heavy atom. The third-order valence-electron chi connectivity index (χ3n) is 2.48. The summed E-state index contributed by atoms with van der Waals surface area (Å²) in [7, 11) is 0. The Kier molecular flexibility index (Phi) is 13.0. The first-order chi connectivity index (χ1) is 10.2. The van der Waals surface area contributed by atoms with Crippen LogP contribution >= 0.6 is 24.0 Å². The zero-order valence-electron chi connectivity index (χ0n) is 15.1. The van der Waals surface area contributed by atoms with Gasteiger partial charge in [-0.2, -0.15) is 0 Å². The fraction of sp³-hybridized carbons (Fsp3) is 0.800. The zero-order valence-corrected chi connectivity index (χ0v) is 17.4. The minimum Gasteiger partial charge on any atom is -0.357 e. The monoisotopic (exact) mass is 441 g/mol. The van der Waals surface area contributed by atoms with Gasteiger partial charge < -0.3 is 21.3 Å². The second-order valence-electron chi connectivity index (χ2n) is 6.37. The maximum atomic E-state index is 11.7. The molecule has 0 bridgehead atoms. The topological polar surface area (TPSA) is 94.6 Å². The van der Waals surface area contributed by atoms with Gasteiger partial charge in [-0.15, -0.1) is 24.0 Å². The van der Waals surface area contributed by atoms with Gasteiger partial charge in [0, 0.05) is 31.1 Å². The lowest BCUT2D eigenvalue weighted by atomic mass is 10.1. The summed E-state index contributed by atoms with van der Waals surface area (Å²) in [5, 5.41) is 11.8. The number of aliphatic imine (C=N–C) groups is 1. The lowest BCUT2D eigenvalue weighted by Crippen LogP contribution is -2.44. The molecule has 0 atom stereocenters. The second kappa shape index (κ2) is 12.4. The van der Waals surface area contributed by atoms with E-state index in [0.29, 0.717) is 25.6 Å². The Labute approximate surface area is 156 Å². The molecule has 0 aliphatic heterocycles. The molecule has 23 heavy (non-hydrogen) atoms. The molecule has 2 amide bonds. The second-order valence-corrected chi connectivity index (χ2v) is 6.37.